The van der Waals surface area contributed by atoms with Gasteiger partial charge in [-0.15, -0.1) is 0 Å². The van der Waals surface area contributed by atoms with Crippen molar-refractivity contribution >= 4 is 28.3 Å². The Morgan fingerprint density at radius 1 is 1.05 bits per heavy atom. The van der Waals surface area contributed by atoms with Crippen molar-refractivity contribution in [3.05, 3.63) is 64.4 Å². The molecule has 0 N–H and O–H groups in total. The van der Waals surface area contributed by atoms with Crippen LogP contribution < -0.4 is 5.56 Å². The second-order valence-electron chi connectivity index (χ2n) is 4.50. The van der Waals surface area contributed by atoms with E-state index in [0.29, 0.717) is 21.7 Å². The zero-order chi connectivity index (χ0) is 14.4. The number of hydrogen-bond acceptors (Lipinski definition) is 4. The molecule has 0 amide bonds. The van der Waals surface area contributed by atoms with Crippen LogP contribution >= 0.6 is 11.6 Å². The van der Waals surface area contributed by atoms with Crippen LogP contribution in [-0.2, 0) is 0 Å². The molecule has 0 spiro atoms. The van der Waals surface area contributed by atoms with Crippen LogP contribution in [0.5, 0.6) is 0 Å². The lowest BCUT2D eigenvalue weighted by Crippen LogP contribution is -2.18. The van der Waals surface area contributed by atoms with Gasteiger partial charge >= 0.3 is 0 Å². The number of fused-ring (bicyclic) bond motifs is 3. The van der Waals surface area contributed by atoms with Crippen LogP contribution in [0.25, 0.3) is 22.4 Å². The average Bonchev–Trinajstić information content (AvgIpc) is 2.97. The van der Waals surface area contributed by atoms with Crippen molar-refractivity contribution in [2.75, 3.05) is 0 Å². The van der Waals surface area contributed by atoms with E-state index in [2.05, 4.69) is 15.1 Å². The highest BCUT2D eigenvalue weighted by atomic mass is 35.5. The zero-order valence-corrected chi connectivity index (χ0v) is 11.4. The first-order chi connectivity index (χ1) is 10.2. The molecule has 0 saturated heterocycles. The number of hydrogen-bond donors (Lipinski definition) is 0. The summed E-state index contributed by atoms with van der Waals surface area (Å²) < 4.78 is 3.09. The predicted molar refractivity (Wildman–Crippen MR) is 78.9 cm³/mol. The molecule has 4 rings (SSSR count). The Morgan fingerprint density at radius 2 is 1.86 bits per heavy atom. The largest absolute Gasteiger partial charge is 0.284 e. The highest BCUT2D eigenvalue weighted by molar-refractivity contribution is 6.30. The summed E-state index contributed by atoms with van der Waals surface area (Å²) in [4.78, 5) is 20.7. The van der Waals surface area contributed by atoms with Crippen molar-refractivity contribution in [3.8, 4) is 5.69 Å². The summed E-state index contributed by atoms with van der Waals surface area (Å²) in [6.45, 7) is 0. The van der Waals surface area contributed by atoms with E-state index in [0.717, 1.165) is 5.69 Å². The summed E-state index contributed by atoms with van der Waals surface area (Å²) in [5.74, 6) is 0.464. The number of benzene rings is 1. The van der Waals surface area contributed by atoms with Crippen molar-refractivity contribution in [3.63, 3.8) is 0 Å². The third-order valence-electron chi connectivity index (χ3n) is 3.28. The van der Waals surface area contributed by atoms with Gasteiger partial charge in [0.05, 0.1) is 10.9 Å². The first-order valence-electron chi connectivity index (χ1n) is 6.20. The molecule has 3 heterocycles. The third-order valence-corrected chi connectivity index (χ3v) is 3.53. The average molecular weight is 298 g/mol. The number of pyridine rings is 1. The van der Waals surface area contributed by atoms with Gasteiger partial charge in [0.25, 0.3) is 11.3 Å². The van der Waals surface area contributed by atoms with Gasteiger partial charge in [-0.25, -0.2) is 4.98 Å². The molecule has 0 aliphatic rings. The lowest BCUT2D eigenvalue weighted by atomic mass is 10.2. The minimum absolute atomic E-state index is 0.167. The molecular weight excluding hydrogens is 290 g/mol. The van der Waals surface area contributed by atoms with E-state index in [1.54, 1.807) is 39.5 Å². The van der Waals surface area contributed by atoms with Crippen LogP contribution in [-0.4, -0.2) is 24.1 Å². The summed E-state index contributed by atoms with van der Waals surface area (Å²) in [5, 5.41) is 5.18. The Bertz CT molecular complexity index is 1020. The Kier molecular flexibility index (Phi) is 2.52. The number of halogens is 1. The van der Waals surface area contributed by atoms with E-state index in [-0.39, 0.29) is 5.56 Å². The van der Waals surface area contributed by atoms with Gasteiger partial charge in [0.2, 0.25) is 0 Å². The monoisotopic (exact) mass is 297 g/mol. The molecule has 0 aliphatic heterocycles. The van der Waals surface area contributed by atoms with Gasteiger partial charge in [0.1, 0.15) is 6.33 Å². The highest BCUT2D eigenvalue weighted by Gasteiger charge is 2.09. The SMILES string of the molecule is O=c1c2cnc3ncnn3c2ccn1-c1ccc(Cl)cc1. The number of aromatic nitrogens is 5. The summed E-state index contributed by atoms with van der Waals surface area (Å²) in [7, 11) is 0. The van der Waals surface area contributed by atoms with Crippen molar-refractivity contribution in [1.82, 2.24) is 24.1 Å². The normalized spacial score (nSPS) is 11.3. The molecule has 6 nitrogen and oxygen atoms in total. The molecule has 0 aliphatic carbocycles. The molecular formula is C14H8ClN5O. The maximum absolute atomic E-state index is 12.6. The Balaban J connectivity index is 2.04. The maximum atomic E-state index is 12.6. The summed E-state index contributed by atoms with van der Waals surface area (Å²) >= 11 is 5.87. The van der Waals surface area contributed by atoms with Gasteiger partial charge in [0.15, 0.2) is 0 Å². The Hall–Kier alpha value is -2.73. The minimum atomic E-state index is -0.167. The standard InChI is InChI=1S/C14H8ClN5O/c15-9-1-3-10(4-2-9)19-6-5-12-11(13(19)21)7-16-14-17-8-18-20(12)14/h1-8H. The first kappa shape index (κ1) is 12.0. The number of nitrogens with zero attached hydrogens (tertiary/aromatic N) is 5. The zero-order valence-electron chi connectivity index (χ0n) is 10.6. The van der Waals surface area contributed by atoms with E-state index in [1.165, 1.54) is 12.5 Å². The molecule has 21 heavy (non-hydrogen) atoms. The van der Waals surface area contributed by atoms with Gasteiger partial charge in [0, 0.05) is 23.1 Å². The fourth-order valence-electron chi connectivity index (χ4n) is 2.27. The molecule has 0 saturated carbocycles. The molecule has 0 atom stereocenters. The molecule has 1 aromatic carbocycles. The molecule has 0 bridgehead atoms. The predicted octanol–water partition coefficient (Wildman–Crippen LogP) is 2.08. The second kappa shape index (κ2) is 4.39. The summed E-state index contributed by atoms with van der Waals surface area (Å²) in [5.41, 5.74) is 1.25. The van der Waals surface area contributed by atoms with Gasteiger partial charge in [-0.3, -0.25) is 9.36 Å². The lowest BCUT2D eigenvalue weighted by molar-refractivity contribution is 0.958. The first-order valence-corrected chi connectivity index (χ1v) is 6.58. The summed E-state index contributed by atoms with van der Waals surface area (Å²) in [6.07, 6.45) is 4.63. The molecule has 102 valence electrons. The second-order valence-corrected chi connectivity index (χ2v) is 4.93. The summed E-state index contributed by atoms with van der Waals surface area (Å²) in [6, 6.07) is 8.88. The lowest BCUT2D eigenvalue weighted by Gasteiger charge is -2.07. The Morgan fingerprint density at radius 3 is 2.67 bits per heavy atom. The van der Waals surface area contributed by atoms with E-state index in [9.17, 15) is 4.79 Å². The topological polar surface area (TPSA) is 65.1 Å². The van der Waals surface area contributed by atoms with Crippen LogP contribution in [0.3, 0.4) is 0 Å². The molecule has 0 unspecified atom stereocenters. The van der Waals surface area contributed by atoms with E-state index in [4.69, 9.17) is 11.6 Å². The van der Waals surface area contributed by atoms with Crippen LogP contribution in [0.15, 0.2) is 53.8 Å². The van der Waals surface area contributed by atoms with Crippen LogP contribution in [0.4, 0.5) is 0 Å². The smallest absolute Gasteiger partial charge is 0.266 e. The third kappa shape index (κ3) is 1.80. The maximum Gasteiger partial charge on any atom is 0.266 e. The van der Waals surface area contributed by atoms with Crippen LogP contribution in [0.2, 0.25) is 5.02 Å². The molecule has 0 radical (unpaired) electrons. The molecule has 0 fully saturated rings. The number of rotatable bonds is 1. The van der Waals surface area contributed by atoms with Crippen molar-refractivity contribution in [1.29, 1.82) is 0 Å². The Labute approximate surface area is 123 Å². The molecule has 7 heteroatoms. The van der Waals surface area contributed by atoms with Gasteiger partial charge in [-0.2, -0.15) is 14.6 Å². The van der Waals surface area contributed by atoms with Gasteiger partial charge < -0.3 is 0 Å². The molecule has 4 aromatic rings. The van der Waals surface area contributed by atoms with Gasteiger partial charge in [-0.1, -0.05) is 11.6 Å². The van der Waals surface area contributed by atoms with Crippen molar-refractivity contribution < 1.29 is 0 Å². The minimum Gasteiger partial charge on any atom is -0.284 e. The fourth-order valence-corrected chi connectivity index (χ4v) is 2.39. The van der Waals surface area contributed by atoms with Crippen LogP contribution in [0.1, 0.15) is 0 Å². The van der Waals surface area contributed by atoms with Crippen LogP contribution in [0, 0.1) is 0 Å². The van der Waals surface area contributed by atoms with Crippen molar-refractivity contribution in [2.24, 2.45) is 0 Å². The van der Waals surface area contributed by atoms with Crippen molar-refractivity contribution in [2.45, 2.75) is 0 Å². The quantitative estimate of drug-likeness (QED) is 0.539. The fraction of sp³-hybridized carbons (Fsp3) is 0. The van der Waals surface area contributed by atoms with E-state index < -0.39 is 0 Å². The van der Waals surface area contributed by atoms with E-state index >= 15 is 0 Å². The highest BCUT2D eigenvalue weighted by Crippen LogP contribution is 2.14. The van der Waals surface area contributed by atoms with E-state index in [1.807, 2.05) is 6.07 Å². The molecule has 3 aromatic heterocycles. The van der Waals surface area contributed by atoms with Gasteiger partial charge in [-0.05, 0) is 30.3 Å².